The number of nitrogens with zero attached hydrogens (tertiary/aromatic N) is 6. The smallest absolute Gasteiger partial charge is 0.333 e. The quantitative estimate of drug-likeness (QED) is 0.314. The summed E-state index contributed by atoms with van der Waals surface area (Å²) < 4.78 is 46.9. The van der Waals surface area contributed by atoms with Crippen molar-refractivity contribution in [1.29, 1.82) is 0 Å². The minimum Gasteiger partial charge on any atom is -0.496 e. The minimum atomic E-state index is -2.74. The Balaban J connectivity index is 0.00000353. The van der Waals surface area contributed by atoms with Gasteiger partial charge < -0.3 is 20.7 Å². The number of hydrogen-bond donors (Lipinski definition) is 2. The van der Waals surface area contributed by atoms with Gasteiger partial charge in [0.05, 0.1) is 18.9 Å². The maximum Gasteiger partial charge on any atom is 0.333 e. The standard InChI is InChI=1S/C26H27F3N8O.ClH/c1-15-13-36(9-7-19(15)30)20-10-23(32-12-17(20)16-11-33-37(14-16)26(28)29)34-22-6-8-31-25(35-22)24-18(27)4-3-5-21(24)38-2;/h3-6,8,10-12,14-15,19,26H,7,9,13,30H2,1-2H3,(H,31,32,34,35);1H/t15-,19-;/m1./s1. The van der Waals surface area contributed by atoms with E-state index in [0.29, 0.717) is 46.3 Å². The van der Waals surface area contributed by atoms with Gasteiger partial charge in [0.15, 0.2) is 5.82 Å². The number of piperidine rings is 1. The van der Waals surface area contributed by atoms with Crippen LogP contribution in [0.5, 0.6) is 5.75 Å². The molecule has 4 heterocycles. The van der Waals surface area contributed by atoms with Crippen LogP contribution in [0.3, 0.4) is 0 Å². The molecule has 0 unspecified atom stereocenters. The van der Waals surface area contributed by atoms with Crippen molar-refractivity contribution in [2.45, 2.75) is 25.9 Å². The van der Waals surface area contributed by atoms with Crippen LogP contribution in [0.1, 0.15) is 19.9 Å². The summed E-state index contributed by atoms with van der Waals surface area (Å²) >= 11 is 0. The predicted octanol–water partition coefficient (Wildman–Crippen LogP) is 5.28. The van der Waals surface area contributed by atoms with Gasteiger partial charge in [-0.15, -0.1) is 12.4 Å². The minimum absolute atomic E-state index is 0. The van der Waals surface area contributed by atoms with E-state index in [0.717, 1.165) is 12.1 Å². The largest absolute Gasteiger partial charge is 0.496 e. The molecule has 1 aliphatic heterocycles. The van der Waals surface area contributed by atoms with Crippen molar-refractivity contribution in [2.75, 3.05) is 30.4 Å². The average Bonchev–Trinajstić information content (AvgIpc) is 3.41. The van der Waals surface area contributed by atoms with Crippen molar-refractivity contribution in [3.8, 4) is 28.3 Å². The summed E-state index contributed by atoms with van der Waals surface area (Å²) in [5.74, 6) is 1.07. The molecule has 1 saturated heterocycles. The topological polar surface area (TPSA) is 107 Å². The van der Waals surface area contributed by atoms with E-state index in [4.69, 9.17) is 10.5 Å². The summed E-state index contributed by atoms with van der Waals surface area (Å²) in [6.07, 6.45) is 6.62. The zero-order valence-corrected chi connectivity index (χ0v) is 22.1. The van der Waals surface area contributed by atoms with E-state index in [1.807, 2.05) is 6.07 Å². The number of halogens is 4. The highest BCUT2D eigenvalue weighted by molar-refractivity contribution is 5.85. The Kier molecular flexibility index (Phi) is 8.56. The lowest BCUT2D eigenvalue weighted by Gasteiger charge is -2.37. The molecular weight excluding hydrogens is 533 g/mol. The summed E-state index contributed by atoms with van der Waals surface area (Å²) in [6, 6.07) is 8.06. The monoisotopic (exact) mass is 560 g/mol. The van der Waals surface area contributed by atoms with E-state index >= 15 is 0 Å². The Morgan fingerprint density at radius 1 is 1.15 bits per heavy atom. The number of hydrogen-bond acceptors (Lipinski definition) is 8. The van der Waals surface area contributed by atoms with Crippen LogP contribution in [0, 0.1) is 11.7 Å². The molecule has 9 nitrogen and oxygen atoms in total. The van der Waals surface area contributed by atoms with Gasteiger partial charge in [0, 0.05) is 60.6 Å². The van der Waals surface area contributed by atoms with Crippen LogP contribution in [-0.4, -0.2) is 51.0 Å². The van der Waals surface area contributed by atoms with Crippen molar-refractivity contribution in [3.05, 3.63) is 60.9 Å². The van der Waals surface area contributed by atoms with Gasteiger partial charge in [-0.25, -0.2) is 24.0 Å². The summed E-state index contributed by atoms with van der Waals surface area (Å²) in [6.45, 7) is 0.751. The molecular formula is C26H28ClF3N8O. The van der Waals surface area contributed by atoms with E-state index in [9.17, 15) is 13.2 Å². The van der Waals surface area contributed by atoms with Gasteiger partial charge in [0.2, 0.25) is 0 Å². The van der Waals surface area contributed by atoms with E-state index < -0.39 is 12.4 Å². The second-order valence-corrected chi connectivity index (χ2v) is 9.16. The summed E-state index contributed by atoms with van der Waals surface area (Å²) in [7, 11) is 1.45. The highest BCUT2D eigenvalue weighted by atomic mass is 35.5. The first-order chi connectivity index (χ1) is 18.3. The van der Waals surface area contributed by atoms with Gasteiger partial charge in [-0.3, -0.25) is 0 Å². The molecule has 0 aliphatic carbocycles. The number of pyridine rings is 1. The maximum atomic E-state index is 14.6. The summed E-state index contributed by atoms with van der Waals surface area (Å²) in [5, 5.41) is 6.94. The zero-order chi connectivity index (χ0) is 26.8. The Bertz CT molecular complexity index is 1440. The molecule has 0 radical (unpaired) electrons. The molecule has 2 atom stereocenters. The third-order valence-corrected chi connectivity index (χ3v) is 6.64. The molecule has 1 aromatic carbocycles. The molecule has 1 fully saturated rings. The lowest BCUT2D eigenvalue weighted by molar-refractivity contribution is 0.0566. The second-order valence-electron chi connectivity index (χ2n) is 9.16. The van der Waals surface area contributed by atoms with Crippen molar-refractivity contribution < 1.29 is 17.9 Å². The van der Waals surface area contributed by atoms with Crippen LogP contribution in [0.2, 0.25) is 0 Å². The number of alkyl halides is 2. The van der Waals surface area contributed by atoms with Crippen molar-refractivity contribution in [2.24, 2.45) is 11.7 Å². The lowest BCUT2D eigenvalue weighted by atomic mass is 9.93. The molecule has 0 amide bonds. The normalized spacial score (nSPS) is 17.2. The van der Waals surface area contributed by atoms with Gasteiger partial charge in [-0.2, -0.15) is 13.9 Å². The highest BCUT2D eigenvalue weighted by Gasteiger charge is 2.26. The Morgan fingerprint density at radius 2 is 1.97 bits per heavy atom. The zero-order valence-electron chi connectivity index (χ0n) is 21.3. The Hall–Kier alpha value is -3.90. The summed E-state index contributed by atoms with van der Waals surface area (Å²) in [5.41, 5.74) is 8.38. The molecule has 0 spiro atoms. The van der Waals surface area contributed by atoms with Crippen LogP contribution >= 0.6 is 12.4 Å². The van der Waals surface area contributed by atoms with E-state index in [2.05, 4.69) is 37.2 Å². The van der Waals surface area contributed by atoms with Crippen molar-refractivity contribution in [3.63, 3.8) is 0 Å². The fraction of sp³-hybridized carbons (Fsp3) is 0.308. The van der Waals surface area contributed by atoms with Crippen LogP contribution < -0.4 is 20.7 Å². The second kappa shape index (κ2) is 11.9. The van der Waals surface area contributed by atoms with E-state index in [1.165, 1.54) is 31.8 Å². The Morgan fingerprint density at radius 3 is 2.69 bits per heavy atom. The number of nitrogens with one attached hydrogen (secondary N) is 1. The molecule has 0 saturated carbocycles. The molecule has 39 heavy (non-hydrogen) atoms. The molecule has 5 rings (SSSR count). The van der Waals surface area contributed by atoms with E-state index in [-0.39, 0.29) is 35.8 Å². The van der Waals surface area contributed by atoms with Gasteiger partial charge in [0.25, 0.3) is 0 Å². The van der Waals surface area contributed by atoms with E-state index in [1.54, 1.807) is 24.4 Å². The predicted molar refractivity (Wildman–Crippen MR) is 145 cm³/mol. The Labute approximate surface area is 229 Å². The third kappa shape index (κ3) is 5.91. The average molecular weight is 561 g/mol. The molecule has 1 aliphatic rings. The number of nitrogens with two attached hydrogens (primary N) is 1. The molecule has 3 N–H and O–H groups in total. The van der Waals surface area contributed by atoms with Crippen LogP contribution in [-0.2, 0) is 0 Å². The number of anilines is 3. The summed E-state index contributed by atoms with van der Waals surface area (Å²) in [4.78, 5) is 15.4. The van der Waals surface area contributed by atoms with Crippen LogP contribution in [0.25, 0.3) is 22.5 Å². The van der Waals surface area contributed by atoms with Gasteiger partial charge in [-0.05, 0) is 30.5 Å². The van der Waals surface area contributed by atoms with Crippen LogP contribution in [0.4, 0.5) is 30.5 Å². The molecule has 13 heteroatoms. The number of ether oxygens (including phenoxy) is 1. The number of methoxy groups -OCH3 is 1. The van der Waals surface area contributed by atoms with Gasteiger partial charge >= 0.3 is 6.55 Å². The van der Waals surface area contributed by atoms with Crippen molar-refractivity contribution >= 4 is 29.7 Å². The van der Waals surface area contributed by atoms with Crippen LogP contribution in [0.15, 0.2) is 55.1 Å². The third-order valence-electron chi connectivity index (χ3n) is 6.64. The fourth-order valence-electron chi connectivity index (χ4n) is 4.53. The number of rotatable bonds is 7. The van der Waals surface area contributed by atoms with Gasteiger partial charge in [0.1, 0.15) is 23.2 Å². The SMILES string of the molecule is COc1cccc(F)c1-c1nccc(Nc2cc(N3CC[C@@H](N)[C@H](C)C3)c(-c3cnn(C(F)F)c3)cn2)n1.Cl. The first-order valence-electron chi connectivity index (χ1n) is 12.1. The lowest BCUT2D eigenvalue weighted by Crippen LogP contribution is -2.46. The van der Waals surface area contributed by atoms with Gasteiger partial charge in [-0.1, -0.05) is 13.0 Å². The highest BCUT2D eigenvalue weighted by Crippen LogP contribution is 2.36. The number of aromatic nitrogens is 5. The molecule has 4 aromatic rings. The first-order valence-corrected chi connectivity index (χ1v) is 12.1. The maximum absolute atomic E-state index is 14.6. The molecule has 206 valence electrons. The fourth-order valence-corrected chi connectivity index (χ4v) is 4.53. The molecule has 3 aromatic heterocycles. The number of benzene rings is 1. The first kappa shape index (κ1) is 28.1. The van der Waals surface area contributed by atoms with Crippen molar-refractivity contribution in [1.82, 2.24) is 24.7 Å². The molecule has 0 bridgehead atoms.